The smallest absolute Gasteiger partial charge is 0.416 e. The second-order valence-corrected chi connectivity index (χ2v) is 6.13. The van der Waals surface area contributed by atoms with Gasteiger partial charge in [0.25, 0.3) is 0 Å². The summed E-state index contributed by atoms with van der Waals surface area (Å²) in [5, 5.41) is 17.4. The third kappa shape index (κ3) is 10.7. The van der Waals surface area contributed by atoms with Crippen molar-refractivity contribution < 1.29 is 42.5 Å². The number of nitrogens with one attached hydrogen (secondary N) is 1. The highest BCUT2D eigenvalue weighted by Crippen LogP contribution is 2.29. The van der Waals surface area contributed by atoms with Crippen molar-refractivity contribution in [3.63, 3.8) is 0 Å². The molecule has 1 amide bonds. The molecule has 0 aromatic heterocycles. The first-order chi connectivity index (χ1) is 14.5. The quantitative estimate of drug-likeness (QED) is 0.565. The van der Waals surface area contributed by atoms with Crippen molar-refractivity contribution in [1.82, 2.24) is 4.90 Å². The largest absolute Gasteiger partial charge is 0.492 e. The number of hydrogen-bond donors (Lipinski definition) is 3. The van der Waals surface area contributed by atoms with E-state index >= 15 is 0 Å². The van der Waals surface area contributed by atoms with Crippen LogP contribution >= 0.6 is 0 Å². The maximum Gasteiger partial charge on any atom is 0.416 e. The van der Waals surface area contributed by atoms with Crippen LogP contribution in [0.5, 0.6) is 5.75 Å². The number of alkyl halides is 3. The van der Waals surface area contributed by atoms with E-state index in [0.29, 0.717) is 18.8 Å². The highest BCUT2D eigenvalue weighted by Gasteiger charge is 2.29. The molecule has 31 heavy (non-hydrogen) atoms. The lowest BCUT2D eigenvalue weighted by Crippen LogP contribution is -2.33. The Bertz CT molecular complexity index is 845. The zero-order chi connectivity index (χ0) is 23.4. The maximum atomic E-state index is 12.5. The highest BCUT2D eigenvalue weighted by molar-refractivity contribution is 6.27. The van der Waals surface area contributed by atoms with Gasteiger partial charge in [0.1, 0.15) is 12.4 Å². The molecule has 168 valence electrons. The summed E-state index contributed by atoms with van der Waals surface area (Å²) < 4.78 is 43.0. The van der Waals surface area contributed by atoms with E-state index in [1.54, 1.807) is 11.9 Å². The minimum atomic E-state index is -4.39. The van der Waals surface area contributed by atoms with Gasteiger partial charge in [-0.2, -0.15) is 13.2 Å². The number of carboxylic acids is 2. The molecule has 0 fully saturated rings. The summed E-state index contributed by atoms with van der Waals surface area (Å²) in [6, 6.07) is 13.7. The van der Waals surface area contributed by atoms with E-state index in [2.05, 4.69) is 5.32 Å². The van der Waals surface area contributed by atoms with Crippen LogP contribution in [-0.2, 0) is 20.6 Å². The number of halogens is 3. The van der Waals surface area contributed by atoms with Crippen molar-refractivity contribution >= 4 is 23.5 Å². The summed E-state index contributed by atoms with van der Waals surface area (Å²) in [5.41, 5.74) is -0.424. The number of rotatable bonds is 7. The summed E-state index contributed by atoms with van der Waals surface area (Å²) in [7, 11) is 1.76. The monoisotopic (exact) mass is 442 g/mol. The molecule has 8 nitrogen and oxygen atoms in total. The van der Waals surface area contributed by atoms with Crippen LogP contribution in [0.4, 0.5) is 18.9 Å². The molecule has 0 saturated carbocycles. The molecule has 0 aliphatic rings. The molecule has 0 spiro atoms. The predicted molar refractivity (Wildman–Crippen MR) is 105 cm³/mol. The number of nitrogens with zero attached hydrogens (tertiary/aromatic N) is 1. The highest BCUT2D eigenvalue weighted by atomic mass is 19.4. The third-order valence-electron chi connectivity index (χ3n) is 3.58. The number of carboxylic acid groups (broad SMARTS) is 2. The van der Waals surface area contributed by atoms with Crippen LogP contribution in [0.3, 0.4) is 0 Å². The lowest BCUT2D eigenvalue weighted by Gasteiger charge is -2.17. The first kappa shape index (κ1) is 25.4. The van der Waals surface area contributed by atoms with Gasteiger partial charge in [-0.1, -0.05) is 18.2 Å². The summed E-state index contributed by atoms with van der Waals surface area (Å²) >= 11 is 0. The Balaban J connectivity index is 0.000000703. The Kier molecular flexibility index (Phi) is 9.99. The zero-order valence-electron chi connectivity index (χ0n) is 16.4. The Labute approximate surface area is 175 Å². The van der Waals surface area contributed by atoms with Crippen LogP contribution in [0.1, 0.15) is 5.56 Å². The fraction of sp³-hybridized carbons (Fsp3) is 0.250. The van der Waals surface area contributed by atoms with Gasteiger partial charge < -0.3 is 20.3 Å². The van der Waals surface area contributed by atoms with Crippen molar-refractivity contribution in [2.24, 2.45) is 0 Å². The van der Waals surface area contributed by atoms with Gasteiger partial charge >= 0.3 is 18.1 Å². The second kappa shape index (κ2) is 12.2. The van der Waals surface area contributed by atoms with E-state index in [9.17, 15) is 18.0 Å². The predicted octanol–water partition coefficient (Wildman–Crippen LogP) is 2.81. The minimum Gasteiger partial charge on any atom is -0.492 e. The number of carbonyl (C=O) groups is 3. The number of carbonyl (C=O) groups excluding carboxylic acids is 1. The number of ether oxygens (including phenoxy) is 1. The van der Waals surface area contributed by atoms with Crippen molar-refractivity contribution in [2.45, 2.75) is 6.18 Å². The standard InChI is InChI=1S/C18H19F3N2O2.C2H2O4/c1-23(11-12-25-16-5-3-2-4-6-16)13-17(24)22-15-9-7-14(8-10-15)18(19,20)21;3-1(4)2(5)6/h2-10H,11-13H2,1H3,(H,22,24);(H,3,4)(H,5,6). The fourth-order valence-electron chi connectivity index (χ4n) is 2.10. The van der Waals surface area contributed by atoms with Crippen molar-refractivity contribution in [3.05, 3.63) is 60.2 Å². The molecule has 0 heterocycles. The normalized spacial score (nSPS) is 10.6. The lowest BCUT2D eigenvalue weighted by atomic mass is 10.2. The van der Waals surface area contributed by atoms with Crippen LogP contribution in [0.15, 0.2) is 54.6 Å². The Morgan fingerprint density at radius 2 is 1.52 bits per heavy atom. The molecule has 0 unspecified atom stereocenters. The van der Waals surface area contributed by atoms with E-state index in [-0.39, 0.29) is 12.5 Å². The molecular formula is C20H21F3N2O6. The molecule has 2 aromatic rings. The summed E-state index contributed by atoms with van der Waals surface area (Å²) in [6.45, 7) is 1.07. The Hall–Kier alpha value is -3.60. The van der Waals surface area contributed by atoms with E-state index in [1.807, 2.05) is 30.3 Å². The van der Waals surface area contributed by atoms with Gasteiger partial charge in [-0.15, -0.1) is 0 Å². The van der Waals surface area contributed by atoms with E-state index < -0.39 is 23.7 Å². The van der Waals surface area contributed by atoms with E-state index in [1.165, 1.54) is 12.1 Å². The SMILES string of the molecule is CN(CCOc1ccccc1)CC(=O)Nc1ccc(C(F)(F)F)cc1.O=C(O)C(=O)O. The van der Waals surface area contributed by atoms with Gasteiger partial charge in [-0.05, 0) is 43.4 Å². The van der Waals surface area contributed by atoms with Crippen molar-refractivity contribution in [1.29, 1.82) is 0 Å². The van der Waals surface area contributed by atoms with Gasteiger partial charge in [0.2, 0.25) is 5.91 Å². The third-order valence-corrected chi connectivity index (χ3v) is 3.58. The van der Waals surface area contributed by atoms with Crippen LogP contribution in [0, 0.1) is 0 Å². The molecule has 3 N–H and O–H groups in total. The summed E-state index contributed by atoms with van der Waals surface area (Å²) in [6.07, 6.45) is -4.39. The number of aliphatic carboxylic acids is 2. The van der Waals surface area contributed by atoms with Gasteiger partial charge in [0, 0.05) is 12.2 Å². The lowest BCUT2D eigenvalue weighted by molar-refractivity contribution is -0.159. The maximum absolute atomic E-state index is 12.5. The molecule has 2 rings (SSSR count). The molecule has 0 atom stereocenters. The van der Waals surface area contributed by atoms with Crippen molar-refractivity contribution in [3.8, 4) is 5.75 Å². The molecule has 11 heteroatoms. The van der Waals surface area contributed by atoms with E-state index in [4.69, 9.17) is 24.5 Å². The van der Waals surface area contributed by atoms with Gasteiger partial charge in [0.05, 0.1) is 12.1 Å². The van der Waals surface area contributed by atoms with Gasteiger partial charge in [-0.3, -0.25) is 9.69 Å². The summed E-state index contributed by atoms with van der Waals surface area (Å²) in [4.78, 5) is 31.9. The Morgan fingerprint density at radius 3 is 2.00 bits per heavy atom. The minimum absolute atomic E-state index is 0.110. The van der Waals surface area contributed by atoms with E-state index in [0.717, 1.165) is 17.9 Å². The second-order valence-electron chi connectivity index (χ2n) is 6.13. The molecule has 0 aliphatic heterocycles. The topological polar surface area (TPSA) is 116 Å². The number of benzene rings is 2. The van der Waals surface area contributed by atoms with Gasteiger partial charge in [-0.25, -0.2) is 9.59 Å². The number of para-hydroxylation sites is 1. The van der Waals surface area contributed by atoms with Crippen LogP contribution < -0.4 is 10.1 Å². The van der Waals surface area contributed by atoms with Crippen LogP contribution in [-0.4, -0.2) is 59.7 Å². The first-order valence-corrected chi connectivity index (χ1v) is 8.78. The molecule has 0 bridgehead atoms. The summed E-state index contributed by atoms with van der Waals surface area (Å²) in [5.74, 6) is -3.20. The molecule has 2 aromatic carbocycles. The average Bonchev–Trinajstić information content (AvgIpc) is 2.68. The fourth-order valence-corrected chi connectivity index (χ4v) is 2.10. The average molecular weight is 442 g/mol. The number of likely N-dealkylation sites (N-methyl/N-ethyl adjacent to an activating group) is 1. The van der Waals surface area contributed by atoms with Crippen molar-refractivity contribution in [2.75, 3.05) is 32.1 Å². The molecular weight excluding hydrogens is 421 g/mol. The van der Waals surface area contributed by atoms with Gasteiger partial charge in [0.15, 0.2) is 0 Å². The first-order valence-electron chi connectivity index (χ1n) is 8.78. The van der Waals surface area contributed by atoms with Crippen LogP contribution in [0.25, 0.3) is 0 Å². The Morgan fingerprint density at radius 1 is 0.968 bits per heavy atom. The number of hydrogen-bond acceptors (Lipinski definition) is 5. The van der Waals surface area contributed by atoms with Crippen LogP contribution in [0.2, 0.25) is 0 Å². The number of anilines is 1. The molecule has 0 aliphatic carbocycles. The molecule has 0 saturated heterocycles. The zero-order valence-corrected chi connectivity index (χ0v) is 16.4. The molecule has 0 radical (unpaired) electrons. The number of amides is 1.